The molecule has 7 heteroatoms. The first-order chi connectivity index (χ1) is 4.81. The van der Waals surface area contributed by atoms with Crippen LogP contribution in [0.4, 0.5) is 0 Å². The molecule has 6 nitrogen and oxygen atoms in total. The second kappa shape index (κ2) is 3.82. The molecule has 0 fully saturated rings. The third-order valence-electron chi connectivity index (χ3n) is 0.839. The Labute approximate surface area is 63.6 Å². The van der Waals surface area contributed by atoms with Crippen molar-refractivity contribution < 1.29 is 24.3 Å². The number of hydrogen-bond donors (Lipinski definition) is 2. The van der Waals surface area contributed by atoms with Crippen LogP contribution in [0.5, 0.6) is 0 Å². The van der Waals surface area contributed by atoms with E-state index < -0.39 is 19.9 Å². The summed E-state index contributed by atoms with van der Waals surface area (Å²) in [7, 11) is -2.72. The van der Waals surface area contributed by atoms with Crippen molar-refractivity contribution in [3.8, 4) is 0 Å². The average molecular weight is 184 g/mol. The fourth-order valence-electron chi connectivity index (χ4n) is 0.610. The summed E-state index contributed by atoms with van der Waals surface area (Å²) in [5.41, 5.74) is 0. The Morgan fingerprint density at radius 3 is 2.36 bits per heavy atom. The van der Waals surface area contributed by atoms with Crippen LogP contribution in [0.15, 0.2) is 0 Å². The van der Waals surface area contributed by atoms with E-state index in [-0.39, 0.29) is 6.54 Å². The number of carbonyl (C=O) groups is 1. The minimum Gasteiger partial charge on any atom is -0.564 e. The molecule has 0 aromatic heterocycles. The summed E-state index contributed by atoms with van der Waals surface area (Å²) in [6.45, 7) is -0.259. The third-order valence-corrected chi connectivity index (χ3v) is 1.69. The molecular formula is C4H11NO5P+. The molecule has 0 heterocycles. The van der Waals surface area contributed by atoms with Crippen molar-refractivity contribution in [3.05, 3.63) is 0 Å². The molecule has 0 saturated heterocycles. The SMILES string of the molecule is CN(CC(=O)[OH2+])CP(=O)(O)O. The summed E-state index contributed by atoms with van der Waals surface area (Å²) in [6.07, 6.45) is -0.488. The molecular weight excluding hydrogens is 173 g/mol. The summed E-state index contributed by atoms with van der Waals surface area (Å²) in [6, 6.07) is 0. The van der Waals surface area contributed by atoms with Gasteiger partial charge in [0.15, 0.2) is 6.54 Å². The van der Waals surface area contributed by atoms with Crippen LogP contribution >= 0.6 is 7.60 Å². The van der Waals surface area contributed by atoms with Gasteiger partial charge in [0, 0.05) is 4.79 Å². The van der Waals surface area contributed by atoms with E-state index in [1.165, 1.54) is 7.05 Å². The highest BCUT2D eigenvalue weighted by Crippen LogP contribution is 2.34. The molecule has 0 aliphatic heterocycles. The smallest absolute Gasteiger partial charge is 0.530 e. The Kier molecular flexibility index (Phi) is 3.68. The van der Waals surface area contributed by atoms with Gasteiger partial charge in [0.25, 0.3) is 0 Å². The van der Waals surface area contributed by atoms with Crippen molar-refractivity contribution in [2.75, 3.05) is 19.9 Å². The van der Waals surface area contributed by atoms with Crippen LogP contribution in [-0.4, -0.2) is 45.6 Å². The second-order valence-corrected chi connectivity index (χ2v) is 3.86. The van der Waals surface area contributed by atoms with E-state index in [0.717, 1.165) is 4.90 Å². The van der Waals surface area contributed by atoms with Crippen LogP contribution in [0.2, 0.25) is 0 Å². The number of hydrogen-bond acceptors (Lipinski definition) is 3. The summed E-state index contributed by atoms with van der Waals surface area (Å²) < 4.78 is 10.3. The molecule has 4 N–H and O–H groups in total. The maximum Gasteiger partial charge on any atom is 0.530 e. The molecule has 66 valence electrons. The quantitative estimate of drug-likeness (QED) is 0.400. The van der Waals surface area contributed by atoms with Gasteiger partial charge in [-0.15, -0.1) is 0 Å². The van der Waals surface area contributed by atoms with E-state index >= 15 is 0 Å². The first-order valence-corrected chi connectivity index (χ1v) is 4.58. The van der Waals surface area contributed by atoms with Gasteiger partial charge in [0.05, 0.1) is 0 Å². The van der Waals surface area contributed by atoms with E-state index in [1.807, 2.05) is 0 Å². The molecule has 0 bridgehead atoms. The van der Waals surface area contributed by atoms with Gasteiger partial charge < -0.3 is 14.9 Å². The lowest BCUT2D eigenvalue weighted by Crippen LogP contribution is -2.26. The molecule has 0 aromatic carbocycles. The number of nitrogens with zero attached hydrogens (tertiary/aromatic N) is 1. The van der Waals surface area contributed by atoms with E-state index in [9.17, 15) is 9.36 Å². The van der Waals surface area contributed by atoms with Crippen molar-refractivity contribution in [1.82, 2.24) is 4.90 Å². The zero-order chi connectivity index (χ0) is 9.07. The first-order valence-electron chi connectivity index (χ1n) is 2.79. The van der Waals surface area contributed by atoms with Gasteiger partial charge in [0.1, 0.15) is 6.29 Å². The van der Waals surface area contributed by atoms with Gasteiger partial charge in [-0.2, -0.15) is 0 Å². The number of likely N-dealkylation sites (N-methyl/N-ethyl adjacent to an activating group) is 1. The molecule has 0 saturated carbocycles. The molecule has 0 rings (SSSR count). The lowest BCUT2D eigenvalue weighted by atomic mass is 10.6. The van der Waals surface area contributed by atoms with Crippen molar-refractivity contribution in [2.24, 2.45) is 0 Å². The highest BCUT2D eigenvalue weighted by Gasteiger charge is 2.19. The number of rotatable bonds is 4. The van der Waals surface area contributed by atoms with Gasteiger partial charge in [-0.3, -0.25) is 9.46 Å². The Bertz CT molecular complexity index is 187. The minimum absolute atomic E-state index is 0.259. The van der Waals surface area contributed by atoms with Gasteiger partial charge >= 0.3 is 13.6 Å². The van der Waals surface area contributed by atoms with E-state index in [2.05, 4.69) is 0 Å². The molecule has 11 heavy (non-hydrogen) atoms. The fourth-order valence-corrected chi connectivity index (χ4v) is 1.34. The lowest BCUT2D eigenvalue weighted by Gasteiger charge is -2.12. The minimum atomic E-state index is -4.09. The summed E-state index contributed by atoms with van der Waals surface area (Å²) in [4.78, 5) is 28.0. The average Bonchev–Trinajstić information content (AvgIpc) is 1.53. The standard InChI is InChI=1S/C4H10NO5P/c1-5(2-4(6)7)3-11(8,9)10/h2-3H2,1H3,(H,6,7)(H2,8,9,10)/p+1. The van der Waals surface area contributed by atoms with E-state index in [0.29, 0.717) is 0 Å². The molecule has 0 spiro atoms. The Morgan fingerprint density at radius 1 is 1.64 bits per heavy atom. The Hall–Kier alpha value is -0.420. The maximum atomic E-state index is 10.3. The largest absolute Gasteiger partial charge is 0.564 e. The van der Waals surface area contributed by atoms with Gasteiger partial charge in [-0.25, -0.2) is 0 Å². The summed E-state index contributed by atoms with van der Waals surface area (Å²) in [5.74, 6) is -0.860. The molecule has 0 unspecified atom stereocenters. The number of carbonyl (C=O) groups excluding carboxylic acids is 1. The normalized spacial score (nSPS) is 12.0. The first kappa shape index (κ1) is 10.6. The Balaban J connectivity index is 3.79. The zero-order valence-electron chi connectivity index (χ0n) is 6.02. The molecule has 0 aromatic rings. The van der Waals surface area contributed by atoms with Crippen molar-refractivity contribution in [2.45, 2.75) is 0 Å². The van der Waals surface area contributed by atoms with Crippen molar-refractivity contribution >= 4 is 13.6 Å². The molecule has 0 amide bonds. The predicted octanol–water partition coefficient (Wildman–Crippen LogP) is -1.70. The fraction of sp³-hybridized carbons (Fsp3) is 0.750. The van der Waals surface area contributed by atoms with E-state index in [4.69, 9.17) is 14.9 Å². The maximum absolute atomic E-state index is 10.3. The van der Waals surface area contributed by atoms with E-state index in [1.54, 1.807) is 0 Å². The van der Waals surface area contributed by atoms with Crippen molar-refractivity contribution in [3.63, 3.8) is 0 Å². The molecule has 0 atom stereocenters. The monoisotopic (exact) mass is 184 g/mol. The predicted molar refractivity (Wildman–Crippen MR) is 38.2 cm³/mol. The molecule has 0 aliphatic rings. The van der Waals surface area contributed by atoms with Crippen LogP contribution in [-0.2, 0) is 9.36 Å². The lowest BCUT2D eigenvalue weighted by molar-refractivity contribution is -0.137. The van der Waals surface area contributed by atoms with Gasteiger partial charge in [0.2, 0.25) is 0 Å². The molecule has 0 radical (unpaired) electrons. The summed E-state index contributed by atoms with van der Waals surface area (Å²) >= 11 is 0. The highest BCUT2D eigenvalue weighted by atomic mass is 31.2. The van der Waals surface area contributed by atoms with Crippen LogP contribution in [0.25, 0.3) is 0 Å². The zero-order valence-corrected chi connectivity index (χ0v) is 6.91. The summed E-state index contributed by atoms with van der Waals surface area (Å²) in [5, 5.41) is 6.48. The molecule has 0 aliphatic carbocycles. The van der Waals surface area contributed by atoms with Crippen LogP contribution < -0.4 is 0 Å². The van der Waals surface area contributed by atoms with Crippen LogP contribution in [0, 0.1) is 0 Å². The third kappa shape index (κ3) is 7.48. The van der Waals surface area contributed by atoms with Gasteiger partial charge in [-0.05, 0) is 7.05 Å². The Morgan fingerprint density at radius 2 is 2.09 bits per heavy atom. The van der Waals surface area contributed by atoms with Crippen molar-refractivity contribution in [1.29, 1.82) is 0 Å². The topological polar surface area (TPSA) is 101 Å². The van der Waals surface area contributed by atoms with Crippen LogP contribution in [0.3, 0.4) is 0 Å². The van der Waals surface area contributed by atoms with Gasteiger partial charge in [-0.1, -0.05) is 0 Å². The second-order valence-electron chi connectivity index (χ2n) is 2.24. The van der Waals surface area contributed by atoms with Crippen LogP contribution in [0.1, 0.15) is 0 Å². The highest BCUT2D eigenvalue weighted by molar-refractivity contribution is 7.51.